The number of hydrogen-bond acceptors (Lipinski definition) is 6. The quantitative estimate of drug-likeness (QED) is 0.513. The number of rotatable bonds is 5. The van der Waals surface area contributed by atoms with Gasteiger partial charge in [0.15, 0.2) is 5.69 Å². The number of anilines is 1. The minimum Gasteiger partial charge on any atom is -0.476 e. The van der Waals surface area contributed by atoms with Gasteiger partial charge in [-0.25, -0.2) is 19.7 Å². The SMILES string of the molecule is O=C(O)c1cn(CCNc2n[nH]c(=O)[nH]c2=O)cn1. The van der Waals surface area contributed by atoms with Crippen LogP contribution in [-0.4, -0.2) is 42.4 Å². The minimum absolute atomic E-state index is 0.0156. The first-order valence-corrected chi connectivity index (χ1v) is 5.24. The molecule has 0 aliphatic heterocycles. The molecule has 0 aromatic carbocycles. The van der Waals surface area contributed by atoms with Crippen molar-refractivity contribution in [2.45, 2.75) is 6.54 Å². The minimum atomic E-state index is -1.11. The van der Waals surface area contributed by atoms with E-state index in [0.717, 1.165) is 0 Å². The molecule has 0 aliphatic carbocycles. The summed E-state index contributed by atoms with van der Waals surface area (Å²) < 4.78 is 1.55. The highest BCUT2D eigenvalue weighted by Crippen LogP contribution is 1.96. The molecule has 10 nitrogen and oxygen atoms in total. The van der Waals surface area contributed by atoms with Gasteiger partial charge < -0.3 is 15.0 Å². The maximum absolute atomic E-state index is 11.3. The molecule has 0 atom stereocenters. The number of imidazole rings is 1. The van der Waals surface area contributed by atoms with Crippen molar-refractivity contribution in [3.63, 3.8) is 0 Å². The second kappa shape index (κ2) is 5.16. The first-order chi connectivity index (χ1) is 9.06. The number of nitrogens with one attached hydrogen (secondary N) is 3. The molecule has 0 unspecified atom stereocenters. The van der Waals surface area contributed by atoms with Crippen molar-refractivity contribution < 1.29 is 9.90 Å². The van der Waals surface area contributed by atoms with Crippen LogP contribution in [0.1, 0.15) is 10.5 Å². The molecular weight excluding hydrogens is 256 g/mol. The molecule has 0 saturated heterocycles. The van der Waals surface area contributed by atoms with Crippen LogP contribution in [0.4, 0.5) is 5.82 Å². The van der Waals surface area contributed by atoms with Crippen LogP contribution in [0, 0.1) is 0 Å². The second-order valence-corrected chi connectivity index (χ2v) is 3.58. The van der Waals surface area contributed by atoms with Crippen LogP contribution in [0.5, 0.6) is 0 Å². The second-order valence-electron chi connectivity index (χ2n) is 3.58. The Morgan fingerprint density at radius 3 is 2.89 bits per heavy atom. The van der Waals surface area contributed by atoms with E-state index < -0.39 is 17.2 Å². The fourth-order valence-electron chi connectivity index (χ4n) is 1.36. The van der Waals surface area contributed by atoms with Gasteiger partial charge in [-0.2, -0.15) is 0 Å². The van der Waals surface area contributed by atoms with E-state index in [1.807, 2.05) is 4.98 Å². The molecule has 4 N–H and O–H groups in total. The summed E-state index contributed by atoms with van der Waals surface area (Å²) in [5.74, 6) is -1.12. The molecule has 2 aromatic rings. The maximum Gasteiger partial charge on any atom is 0.356 e. The Hall–Kier alpha value is -2.91. The standard InChI is InChI=1S/C9H10N6O4/c16-7-6(13-14-9(19)12-7)10-1-2-15-3-5(8(17)18)11-4-15/h3-4H,1-2H2,(H,10,13)(H,17,18)(H2,12,14,16,19). The van der Waals surface area contributed by atoms with E-state index in [-0.39, 0.29) is 11.5 Å². The zero-order valence-corrected chi connectivity index (χ0v) is 9.58. The molecular formula is C9H10N6O4. The molecule has 10 heteroatoms. The highest BCUT2D eigenvalue weighted by atomic mass is 16.4. The fraction of sp³-hybridized carbons (Fsp3) is 0.222. The smallest absolute Gasteiger partial charge is 0.356 e. The molecule has 0 saturated carbocycles. The number of aromatic carboxylic acids is 1. The van der Waals surface area contributed by atoms with Gasteiger partial charge in [-0.05, 0) is 0 Å². The summed E-state index contributed by atoms with van der Waals surface area (Å²) in [5, 5.41) is 17.0. The molecule has 0 bridgehead atoms. The van der Waals surface area contributed by atoms with Gasteiger partial charge in [0, 0.05) is 19.3 Å². The van der Waals surface area contributed by atoms with E-state index in [1.54, 1.807) is 4.57 Å². The number of carboxylic acids is 1. The summed E-state index contributed by atoms with van der Waals surface area (Å²) in [6.07, 6.45) is 2.74. The van der Waals surface area contributed by atoms with Gasteiger partial charge >= 0.3 is 11.7 Å². The van der Waals surface area contributed by atoms with Crippen molar-refractivity contribution in [1.29, 1.82) is 0 Å². The first kappa shape index (κ1) is 12.5. The van der Waals surface area contributed by atoms with Gasteiger partial charge in [-0.1, -0.05) is 0 Å². The molecule has 100 valence electrons. The average molecular weight is 266 g/mol. The Kier molecular flexibility index (Phi) is 3.41. The summed E-state index contributed by atoms with van der Waals surface area (Å²) in [7, 11) is 0. The van der Waals surface area contributed by atoms with Crippen LogP contribution in [0.3, 0.4) is 0 Å². The van der Waals surface area contributed by atoms with Crippen molar-refractivity contribution >= 4 is 11.8 Å². The van der Waals surface area contributed by atoms with Crippen LogP contribution < -0.4 is 16.6 Å². The van der Waals surface area contributed by atoms with Gasteiger partial charge in [0.25, 0.3) is 5.56 Å². The number of nitrogens with zero attached hydrogens (tertiary/aromatic N) is 3. The van der Waals surface area contributed by atoms with E-state index in [2.05, 4.69) is 20.5 Å². The zero-order valence-electron chi connectivity index (χ0n) is 9.58. The predicted molar refractivity (Wildman–Crippen MR) is 63.2 cm³/mol. The van der Waals surface area contributed by atoms with Crippen LogP contribution in [0.15, 0.2) is 22.1 Å². The maximum atomic E-state index is 11.3. The van der Waals surface area contributed by atoms with E-state index in [0.29, 0.717) is 13.1 Å². The van der Waals surface area contributed by atoms with E-state index in [4.69, 9.17) is 5.11 Å². The van der Waals surface area contributed by atoms with Gasteiger partial charge in [0.2, 0.25) is 5.82 Å². The van der Waals surface area contributed by atoms with Gasteiger partial charge in [0.1, 0.15) is 0 Å². The van der Waals surface area contributed by atoms with Gasteiger partial charge in [0.05, 0.1) is 6.33 Å². The van der Waals surface area contributed by atoms with E-state index >= 15 is 0 Å². The number of carbonyl (C=O) groups is 1. The molecule has 19 heavy (non-hydrogen) atoms. The number of H-pyrrole nitrogens is 2. The number of aromatic amines is 2. The summed E-state index contributed by atoms with van der Waals surface area (Å²) in [6.45, 7) is 0.706. The van der Waals surface area contributed by atoms with Gasteiger partial charge in [-0.3, -0.25) is 9.78 Å². The Balaban J connectivity index is 1.94. The monoisotopic (exact) mass is 266 g/mol. The van der Waals surface area contributed by atoms with Crippen molar-refractivity contribution in [1.82, 2.24) is 24.7 Å². The number of carboxylic acid groups (broad SMARTS) is 1. The molecule has 0 aliphatic rings. The predicted octanol–water partition coefficient (Wildman–Crippen LogP) is -1.53. The lowest BCUT2D eigenvalue weighted by Crippen LogP contribution is -2.27. The Morgan fingerprint density at radius 2 is 2.26 bits per heavy atom. The summed E-state index contributed by atoms with van der Waals surface area (Å²) >= 11 is 0. The number of hydrogen-bond donors (Lipinski definition) is 4. The zero-order chi connectivity index (χ0) is 13.8. The van der Waals surface area contributed by atoms with Crippen LogP contribution >= 0.6 is 0 Å². The average Bonchev–Trinajstić information content (AvgIpc) is 2.81. The van der Waals surface area contributed by atoms with Crippen LogP contribution in [-0.2, 0) is 6.54 Å². The Labute approximate surface area is 105 Å². The summed E-state index contributed by atoms with van der Waals surface area (Å²) in [4.78, 5) is 38.3. The van der Waals surface area contributed by atoms with Crippen LogP contribution in [0.25, 0.3) is 0 Å². The topological polar surface area (TPSA) is 146 Å². The lowest BCUT2D eigenvalue weighted by molar-refractivity contribution is 0.0691. The normalized spacial score (nSPS) is 10.3. The Bertz CT molecular complexity index is 699. The molecule has 0 fully saturated rings. The van der Waals surface area contributed by atoms with Crippen molar-refractivity contribution in [3.05, 3.63) is 39.1 Å². The third kappa shape index (κ3) is 3.06. The van der Waals surface area contributed by atoms with Gasteiger partial charge in [-0.15, -0.1) is 5.10 Å². The summed E-state index contributed by atoms with van der Waals surface area (Å²) in [5.41, 5.74) is -1.36. The van der Waals surface area contributed by atoms with Crippen LogP contribution in [0.2, 0.25) is 0 Å². The third-order valence-corrected chi connectivity index (χ3v) is 2.23. The first-order valence-electron chi connectivity index (χ1n) is 5.24. The molecule has 0 radical (unpaired) electrons. The molecule has 2 aromatic heterocycles. The number of aromatic nitrogens is 5. The van der Waals surface area contributed by atoms with Crippen molar-refractivity contribution in [3.8, 4) is 0 Å². The van der Waals surface area contributed by atoms with E-state index in [9.17, 15) is 14.4 Å². The lowest BCUT2D eigenvalue weighted by Gasteiger charge is -2.03. The van der Waals surface area contributed by atoms with Crippen molar-refractivity contribution in [2.24, 2.45) is 0 Å². The third-order valence-electron chi connectivity index (χ3n) is 2.23. The molecule has 2 heterocycles. The molecule has 0 amide bonds. The highest BCUT2D eigenvalue weighted by Gasteiger charge is 2.06. The Morgan fingerprint density at radius 1 is 1.47 bits per heavy atom. The lowest BCUT2D eigenvalue weighted by atomic mass is 10.5. The largest absolute Gasteiger partial charge is 0.476 e. The fourth-order valence-corrected chi connectivity index (χ4v) is 1.36. The molecule has 0 spiro atoms. The van der Waals surface area contributed by atoms with Crippen molar-refractivity contribution in [2.75, 3.05) is 11.9 Å². The van der Waals surface area contributed by atoms with E-state index in [1.165, 1.54) is 12.5 Å². The summed E-state index contributed by atoms with van der Waals surface area (Å²) in [6, 6.07) is 0. The molecule has 2 rings (SSSR count). The highest BCUT2D eigenvalue weighted by molar-refractivity contribution is 5.84.